The third kappa shape index (κ3) is 3.37. The highest BCUT2D eigenvalue weighted by Gasteiger charge is 2.59. The molecular weight excluding hydrogens is 352 g/mol. The summed E-state index contributed by atoms with van der Waals surface area (Å²) < 4.78 is 23.6. The summed E-state index contributed by atoms with van der Waals surface area (Å²) in [6.07, 6.45) is 1.48. The molecule has 0 spiro atoms. The number of carbonyl (C=O) groups is 2. The van der Waals surface area contributed by atoms with E-state index in [0.29, 0.717) is 25.8 Å². The minimum atomic E-state index is -3.08. The molecule has 0 aromatic heterocycles. The Kier molecular flexibility index (Phi) is 4.86. The molecule has 1 aliphatic heterocycles. The summed E-state index contributed by atoms with van der Waals surface area (Å²) in [5.41, 5.74) is 1.74. The van der Waals surface area contributed by atoms with Gasteiger partial charge < -0.3 is 10.2 Å². The van der Waals surface area contributed by atoms with E-state index in [4.69, 9.17) is 0 Å². The first-order valence-electron chi connectivity index (χ1n) is 9.09. The van der Waals surface area contributed by atoms with Crippen molar-refractivity contribution in [1.82, 2.24) is 4.90 Å². The SMILES string of the molecule is CCN(C(=O)C1(C(=O)Nc2cccc(C)c2C)CC1)C1CCS(=O)(=O)C1. The number of hydrogen-bond donors (Lipinski definition) is 1. The molecule has 2 fully saturated rings. The van der Waals surface area contributed by atoms with Gasteiger partial charge in [-0.25, -0.2) is 8.42 Å². The molecule has 0 bridgehead atoms. The van der Waals surface area contributed by atoms with Crippen LogP contribution in [0.15, 0.2) is 18.2 Å². The number of nitrogens with one attached hydrogen (secondary N) is 1. The largest absolute Gasteiger partial charge is 0.338 e. The van der Waals surface area contributed by atoms with Crippen molar-refractivity contribution in [3.63, 3.8) is 0 Å². The Balaban J connectivity index is 1.77. The van der Waals surface area contributed by atoms with Gasteiger partial charge >= 0.3 is 0 Å². The molecule has 1 atom stereocenters. The van der Waals surface area contributed by atoms with Crippen LogP contribution in [0.3, 0.4) is 0 Å². The molecule has 1 unspecified atom stereocenters. The van der Waals surface area contributed by atoms with Crippen molar-refractivity contribution in [2.45, 2.75) is 46.1 Å². The third-order valence-electron chi connectivity index (χ3n) is 5.70. The lowest BCUT2D eigenvalue weighted by molar-refractivity contribution is -0.143. The van der Waals surface area contributed by atoms with Crippen LogP contribution in [0.25, 0.3) is 0 Å². The molecular formula is C19H26N2O4S. The topological polar surface area (TPSA) is 83.6 Å². The molecule has 2 aliphatic rings. The van der Waals surface area contributed by atoms with Crippen molar-refractivity contribution >= 4 is 27.3 Å². The fraction of sp³-hybridized carbons (Fsp3) is 0.579. The molecule has 1 aromatic carbocycles. The normalized spacial score (nSPS) is 22.7. The zero-order chi connectivity index (χ0) is 19.1. The van der Waals surface area contributed by atoms with Crippen LogP contribution < -0.4 is 5.32 Å². The molecule has 142 valence electrons. The Bertz CT molecular complexity index is 843. The molecule has 1 aliphatic carbocycles. The minimum absolute atomic E-state index is 0.00126. The summed E-state index contributed by atoms with van der Waals surface area (Å²) in [4.78, 5) is 27.6. The number of anilines is 1. The maximum atomic E-state index is 13.1. The number of amides is 2. The molecule has 2 amide bonds. The average Bonchev–Trinajstić information content (AvgIpc) is 3.32. The smallest absolute Gasteiger partial charge is 0.240 e. The van der Waals surface area contributed by atoms with Gasteiger partial charge in [-0.15, -0.1) is 0 Å². The summed E-state index contributed by atoms with van der Waals surface area (Å²) in [6.45, 7) is 6.16. The van der Waals surface area contributed by atoms with E-state index >= 15 is 0 Å². The lowest BCUT2D eigenvalue weighted by Crippen LogP contribution is -2.48. The zero-order valence-electron chi connectivity index (χ0n) is 15.5. The maximum absolute atomic E-state index is 13.1. The molecule has 1 saturated heterocycles. The second-order valence-electron chi connectivity index (χ2n) is 7.43. The standard InChI is InChI=1S/C19H26N2O4S/c1-4-21(15-8-11-26(24,25)12-15)18(23)19(9-10-19)17(22)20-16-7-5-6-13(2)14(16)3/h5-7,15H,4,8-12H2,1-3H3,(H,20,22). The van der Waals surface area contributed by atoms with Crippen LogP contribution in [0, 0.1) is 19.3 Å². The molecule has 1 saturated carbocycles. The van der Waals surface area contributed by atoms with Crippen molar-refractivity contribution in [1.29, 1.82) is 0 Å². The van der Waals surface area contributed by atoms with Crippen LogP contribution >= 0.6 is 0 Å². The molecule has 0 radical (unpaired) electrons. The van der Waals surface area contributed by atoms with Gasteiger partial charge in [0, 0.05) is 18.3 Å². The minimum Gasteiger partial charge on any atom is -0.338 e. The Labute approximate surface area is 154 Å². The van der Waals surface area contributed by atoms with Gasteiger partial charge in [-0.3, -0.25) is 9.59 Å². The summed E-state index contributed by atoms with van der Waals surface area (Å²) in [7, 11) is -3.08. The van der Waals surface area contributed by atoms with E-state index in [2.05, 4.69) is 5.32 Å². The van der Waals surface area contributed by atoms with Crippen LogP contribution in [-0.2, 0) is 19.4 Å². The second-order valence-corrected chi connectivity index (χ2v) is 9.66. The van der Waals surface area contributed by atoms with Gasteiger partial charge in [0.1, 0.15) is 5.41 Å². The van der Waals surface area contributed by atoms with Gasteiger partial charge in [0.05, 0.1) is 11.5 Å². The van der Waals surface area contributed by atoms with E-state index in [-0.39, 0.29) is 29.4 Å². The molecule has 1 heterocycles. The monoisotopic (exact) mass is 378 g/mol. The highest BCUT2D eigenvalue weighted by Crippen LogP contribution is 2.49. The van der Waals surface area contributed by atoms with Gasteiger partial charge in [-0.2, -0.15) is 0 Å². The van der Waals surface area contributed by atoms with Gasteiger partial charge in [-0.05, 0) is 57.2 Å². The molecule has 1 N–H and O–H groups in total. The molecule has 26 heavy (non-hydrogen) atoms. The summed E-state index contributed by atoms with van der Waals surface area (Å²) in [6, 6.07) is 5.37. The second kappa shape index (κ2) is 6.68. The van der Waals surface area contributed by atoms with E-state index in [1.807, 2.05) is 39.0 Å². The van der Waals surface area contributed by atoms with Crippen LogP contribution in [-0.4, -0.2) is 49.2 Å². The van der Waals surface area contributed by atoms with Crippen molar-refractivity contribution in [3.05, 3.63) is 29.3 Å². The number of sulfone groups is 1. The lowest BCUT2D eigenvalue weighted by atomic mass is 10.0. The number of aryl methyl sites for hydroxylation is 1. The van der Waals surface area contributed by atoms with Gasteiger partial charge in [0.2, 0.25) is 11.8 Å². The summed E-state index contributed by atoms with van der Waals surface area (Å²) in [5, 5.41) is 2.92. The number of rotatable bonds is 5. The first-order chi connectivity index (χ1) is 12.2. The molecule has 7 heteroatoms. The van der Waals surface area contributed by atoms with Gasteiger partial charge in [0.15, 0.2) is 9.84 Å². The fourth-order valence-corrected chi connectivity index (χ4v) is 5.39. The van der Waals surface area contributed by atoms with Crippen molar-refractivity contribution < 1.29 is 18.0 Å². The predicted octanol–water partition coefficient (Wildman–Crippen LogP) is 2.06. The number of benzene rings is 1. The number of carbonyl (C=O) groups excluding carboxylic acids is 2. The summed E-state index contributed by atoms with van der Waals surface area (Å²) in [5.74, 6) is -0.398. The van der Waals surface area contributed by atoms with Crippen molar-refractivity contribution in [3.8, 4) is 0 Å². The average molecular weight is 378 g/mol. The Morgan fingerprint density at radius 3 is 2.50 bits per heavy atom. The summed E-state index contributed by atoms with van der Waals surface area (Å²) >= 11 is 0. The van der Waals surface area contributed by atoms with Crippen LogP contribution in [0.4, 0.5) is 5.69 Å². The van der Waals surface area contributed by atoms with E-state index in [1.165, 1.54) is 0 Å². The number of hydrogen-bond acceptors (Lipinski definition) is 4. The molecule has 6 nitrogen and oxygen atoms in total. The highest BCUT2D eigenvalue weighted by molar-refractivity contribution is 7.91. The Morgan fingerprint density at radius 2 is 1.96 bits per heavy atom. The Morgan fingerprint density at radius 1 is 1.27 bits per heavy atom. The predicted molar refractivity (Wildman–Crippen MR) is 101 cm³/mol. The van der Waals surface area contributed by atoms with E-state index < -0.39 is 15.3 Å². The first-order valence-corrected chi connectivity index (χ1v) is 10.9. The van der Waals surface area contributed by atoms with E-state index in [0.717, 1.165) is 16.8 Å². The van der Waals surface area contributed by atoms with Gasteiger partial charge in [-0.1, -0.05) is 12.1 Å². The van der Waals surface area contributed by atoms with E-state index in [1.54, 1.807) is 4.90 Å². The maximum Gasteiger partial charge on any atom is 0.240 e. The van der Waals surface area contributed by atoms with Crippen molar-refractivity contribution in [2.75, 3.05) is 23.4 Å². The molecule has 3 rings (SSSR count). The molecule has 1 aromatic rings. The third-order valence-corrected chi connectivity index (χ3v) is 7.45. The van der Waals surface area contributed by atoms with Crippen LogP contribution in [0.1, 0.15) is 37.3 Å². The quantitative estimate of drug-likeness (QED) is 0.795. The lowest BCUT2D eigenvalue weighted by Gasteiger charge is -2.30. The van der Waals surface area contributed by atoms with Crippen molar-refractivity contribution in [2.24, 2.45) is 5.41 Å². The van der Waals surface area contributed by atoms with Gasteiger partial charge in [0.25, 0.3) is 0 Å². The van der Waals surface area contributed by atoms with E-state index in [9.17, 15) is 18.0 Å². The first kappa shape index (κ1) is 18.9. The number of nitrogens with zero attached hydrogens (tertiary/aromatic N) is 1. The van der Waals surface area contributed by atoms with Crippen LogP contribution in [0.5, 0.6) is 0 Å². The Hall–Kier alpha value is -1.89. The highest BCUT2D eigenvalue weighted by atomic mass is 32.2. The fourth-order valence-electron chi connectivity index (χ4n) is 3.66. The van der Waals surface area contributed by atoms with Crippen LogP contribution in [0.2, 0.25) is 0 Å². The zero-order valence-corrected chi connectivity index (χ0v) is 16.4.